The van der Waals surface area contributed by atoms with Gasteiger partial charge in [0.05, 0.1) is 13.2 Å². The molecule has 0 radical (unpaired) electrons. The summed E-state index contributed by atoms with van der Waals surface area (Å²) in [6, 6.07) is 13.6. The summed E-state index contributed by atoms with van der Waals surface area (Å²) < 4.78 is 5.39. The van der Waals surface area contributed by atoms with Crippen molar-refractivity contribution in [2.75, 3.05) is 49.2 Å². The molecule has 7 nitrogen and oxygen atoms in total. The van der Waals surface area contributed by atoms with Gasteiger partial charge >= 0.3 is 6.03 Å². The van der Waals surface area contributed by atoms with Gasteiger partial charge in [0.15, 0.2) is 0 Å². The van der Waals surface area contributed by atoms with Gasteiger partial charge < -0.3 is 20.3 Å². The highest BCUT2D eigenvalue weighted by Crippen LogP contribution is 2.23. The first-order chi connectivity index (χ1) is 14.1. The maximum absolute atomic E-state index is 12.6. The van der Waals surface area contributed by atoms with Gasteiger partial charge in [-0.15, -0.1) is 0 Å². The Morgan fingerprint density at radius 3 is 2.52 bits per heavy atom. The van der Waals surface area contributed by atoms with E-state index >= 15 is 0 Å². The van der Waals surface area contributed by atoms with Gasteiger partial charge in [0, 0.05) is 49.7 Å². The summed E-state index contributed by atoms with van der Waals surface area (Å²) in [5.41, 5.74) is 4.58. The molecule has 3 amide bonds. The van der Waals surface area contributed by atoms with Crippen LogP contribution in [0.2, 0.25) is 0 Å². The number of anilines is 2. The normalized spacial score (nSPS) is 16.7. The molecule has 29 heavy (non-hydrogen) atoms. The van der Waals surface area contributed by atoms with Gasteiger partial charge in [-0.3, -0.25) is 9.69 Å². The van der Waals surface area contributed by atoms with Crippen molar-refractivity contribution in [1.29, 1.82) is 0 Å². The number of morpholine rings is 1. The van der Waals surface area contributed by atoms with Crippen molar-refractivity contribution in [1.82, 2.24) is 10.6 Å². The molecule has 2 saturated heterocycles. The maximum Gasteiger partial charge on any atom is 0.322 e. The summed E-state index contributed by atoms with van der Waals surface area (Å²) in [4.78, 5) is 28.4. The molecule has 152 valence electrons. The number of amides is 3. The number of nitrogens with zero attached hydrogens (tertiary/aromatic N) is 2. The molecule has 2 aromatic carbocycles. The van der Waals surface area contributed by atoms with E-state index in [-0.39, 0.29) is 11.9 Å². The van der Waals surface area contributed by atoms with E-state index in [2.05, 4.69) is 27.7 Å². The van der Waals surface area contributed by atoms with Gasteiger partial charge in [-0.05, 0) is 48.4 Å². The highest BCUT2D eigenvalue weighted by molar-refractivity contribution is 5.97. The smallest absolute Gasteiger partial charge is 0.322 e. The molecule has 2 fully saturated rings. The van der Waals surface area contributed by atoms with E-state index in [1.807, 2.05) is 31.2 Å². The third-order valence-electron chi connectivity index (χ3n) is 5.37. The van der Waals surface area contributed by atoms with E-state index in [4.69, 9.17) is 4.74 Å². The van der Waals surface area contributed by atoms with E-state index in [0.29, 0.717) is 25.2 Å². The molecule has 0 atom stereocenters. The number of carbonyl (C=O) groups is 2. The summed E-state index contributed by atoms with van der Waals surface area (Å²) in [5, 5.41) is 5.77. The molecule has 7 heteroatoms. The summed E-state index contributed by atoms with van der Waals surface area (Å²) >= 11 is 0. The number of rotatable bonds is 5. The molecule has 0 aromatic heterocycles. The zero-order valence-electron chi connectivity index (χ0n) is 16.6. The largest absolute Gasteiger partial charge is 0.378 e. The van der Waals surface area contributed by atoms with Crippen LogP contribution in [0.3, 0.4) is 0 Å². The van der Waals surface area contributed by atoms with Crippen LogP contribution in [0, 0.1) is 6.92 Å². The lowest BCUT2D eigenvalue weighted by Gasteiger charge is -2.28. The van der Waals surface area contributed by atoms with Crippen LogP contribution in [0.15, 0.2) is 42.5 Å². The maximum atomic E-state index is 12.6. The zero-order chi connectivity index (χ0) is 20.2. The molecule has 0 unspecified atom stereocenters. The van der Waals surface area contributed by atoms with Crippen LogP contribution >= 0.6 is 0 Å². The molecule has 2 aromatic rings. The third kappa shape index (κ3) is 4.35. The lowest BCUT2D eigenvalue weighted by Crippen LogP contribution is -2.36. The molecule has 2 heterocycles. The van der Waals surface area contributed by atoms with E-state index in [0.717, 1.165) is 43.1 Å². The fraction of sp³-hybridized carbons (Fsp3) is 0.364. The third-order valence-corrected chi connectivity index (χ3v) is 5.37. The molecule has 2 aliphatic rings. The summed E-state index contributed by atoms with van der Waals surface area (Å²) in [5.74, 6) is -0.122. The molecule has 4 rings (SSSR count). The van der Waals surface area contributed by atoms with Crippen molar-refractivity contribution >= 4 is 23.3 Å². The van der Waals surface area contributed by atoms with E-state index in [1.165, 1.54) is 5.69 Å². The number of benzene rings is 2. The van der Waals surface area contributed by atoms with Crippen molar-refractivity contribution in [2.45, 2.75) is 13.5 Å². The minimum Gasteiger partial charge on any atom is -0.378 e. The Morgan fingerprint density at radius 2 is 1.86 bits per heavy atom. The lowest BCUT2D eigenvalue weighted by molar-refractivity contribution is 0.0951. The van der Waals surface area contributed by atoms with Gasteiger partial charge in [-0.2, -0.15) is 0 Å². The highest BCUT2D eigenvalue weighted by Gasteiger charge is 2.23. The molecule has 0 spiro atoms. The van der Waals surface area contributed by atoms with Crippen LogP contribution in [0.5, 0.6) is 0 Å². The van der Waals surface area contributed by atoms with Gasteiger partial charge in [0.2, 0.25) is 0 Å². The number of carbonyl (C=O) groups excluding carboxylic acids is 2. The first kappa shape index (κ1) is 19.3. The molecule has 0 saturated carbocycles. The number of nitrogens with one attached hydrogen (secondary N) is 2. The molecule has 0 bridgehead atoms. The number of ether oxygens (including phenoxy) is 1. The first-order valence-electron chi connectivity index (χ1n) is 9.98. The Kier molecular flexibility index (Phi) is 5.67. The topological polar surface area (TPSA) is 73.9 Å². The number of hydrogen-bond acceptors (Lipinski definition) is 4. The minimum absolute atomic E-state index is 0.0918. The molecular formula is C22H26N4O3. The Morgan fingerprint density at radius 1 is 1.10 bits per heavy atom. The quantitative estimate of drug-likeness (QED) is 0.816. The van der Waals surface area contributed by atoms with Crippen molar-refractivity contribution in [3.63, 3.8) is 0 Å². The number of hydrogen-bond donors (Lipinski definition) is 2. The van der Waals surface area contributed by atoms with Crippen LogP contribution in [-0.2, 0) is 11.3 Å². The summed E-state index contributed by atoms with van der Waals surface area (Å²) in [7, 11) is 0. The fourth-order valence-electron chi connectivity index (χ4n) is 3.73. The zero-order valence-corrected chi connectivity index (χ0v) is 16.6. The first-order valence-corrected chi connectivity index (χ1v) is 9.98. The second-order valence-electron chi connectivity index (χ2n) is 7.33. The predicted octanol–water partition coefficient (Wildman–Crippen LogP) is 2.29. The van der Waals surface area contributed by atoms with E-state index in [1.54, 1.807) is 11.0 Å². The fourth-order valence-corrected chi connectivity index (χ4v) is 3.73. The van der Waals surface area contributed by atoms with Crippen molar-refractivity contribution in [3.8, 4) is 0 Å². The van der Waals surface area contributed by atoms with Gasteiger partial charge in [0.25, 0.3) is 5.91 Å². The number of aryl methyl sites for hydroxylation is 1. The minimum atomic E-state index is -0.122. The van der Waals surface area contributed by atoms with Crippen LogP contribution in [0.4, 0.5) is 16.2 Å². The predicted molar refractivity (Wildman–Crippen MR) is 113 cm³/mol. The molecule has 2 aliphatic heterocycles. The average Bonchev–Trinajstić information content (AvgIpc) is 3.18. The van der Waals surface area contributed by atoms with Crippen LogP contribution in [0.1, 0.15) is 21.5 Å². The Labute approximate surface area is 170 Å². The molecule has 0 aliphatic carbocycles. The van der Waals surface area contributed by atoms with Gasteiger partial charge in [0.1, 0.15) is 0 Å². The van der Waals surface area contributed by atoms with Crippen LogP contribution in [0.25, 0.3) is 0 Å². The van der Waals surface area contributed by atoms with Crippen molar-refractivity contribution in [2.24, 2.45) is 0 Å². The second-order valence-corrected chi connectivity index (χ2v) is 7.33. The number of urea groups is 1. The van der Waals surface area contributed by atoms with Gasteiger partial charge in [-0.1, -0.05) is 12.1 Å². The second kappa shape index (κ2) is 8.53. The lowest BCUT2D eigenvalue weighted by atomic mass is 10.1. The van der Waals surface area contributed by atoms with E-state index in [9.17, 15) is 9.59 Å². The van der Waals surface area contributed by atoms with Crippen molar-refractivity contribution in [3.05, 3.63) is 59.2 Å². The highest BCUT2D eigenvalue weighted by atomic mass is 16.5. The summed E-state index contributed by atoms with van der Waals surface area (Å²) in [6.07, 6.45) is 0. The Balaban J connectivity index is 1.35. The summed E-state index contributed by atoms with van der Waals surface area (Å²) in [6.45, 7) is 7.02. The van der Waals surface area contributed by atoms with Gasteiger partial charge in [-0.25, -0.2) is 4.79 Å². The SMILES string of the molecule is Cc1cc(C(=O)NCc2ccc(N3CCOCC3)cc2)ccc1N1CCNC1=O. The van der Waals surface area contributed by atoms with Crippen LogP contribution < -0.4 is 20.4 Å². The Hall–Kier alpha value is -3.06. The van der Waals surface area contributed by atoms with E-state index < -0.39 is 0 Å². The Bertz CT molecular complexity index is 891. The van der Waals surface area contributed by atoms with Crippen LogP contribution in [-0.4, -0.2) is 51.3 Å². The monoisotopic (exact) mass is 394 g/mol. The molecular weight excluding hydrogens is 368 g/mol. The molecule has 2 N–H and O–H groups in total. The van der Waals surface area contributed by atoms with Crippen molar-refractivity contribution < 1.29 is 14.3 Å². The average molecular weight is 394 g/mol. The standard InChI is InChI=1S/C22H26N4O3/c1-16-14-18(4-7-20(16)26-9-8-23-22(26)28)21(27)24-15-17-2-5-19(6-3-17)25-10-12-29-13-11-25/h2-7,14H,8-13,15H2,1H3,(H,23,28)(H,24,27).